The van der Waals surface area contributed by atoms with Crippen LogP contribution in [-0.4, -0.2) is 43.4 Å². The molecule has 3 aromatic rings. The molecule has 34 heavy (non-hydrogen) atoms. The zero-order valence-corrected chi connectivity index (χ0v) is 19.0. The van der Waals surface area contributed by atoms with Gasteiger partial charge in [0, 0.05) is 17.0 Å². The Bertz CT molecular complexity index is 1170. The molecule has 1 aromatic heterocycles. The maximum absolute atomic E-state index is 16.2. The van der Waals surface area contributed by atoms with Crippen LogP contribution in [-0.2, 0) is 17.6 Å². The Balaban J connectivity index is 1.43. The van der Waals surface area contributed by atoms with Gasteiger partial charge in [-0.3, -0.25) is 0 Å². The number of benzene rings is 2. The first-order valence-electron chi connectivity index (χ1n) is 10.6. The topological polar surface area (TPSA) is 73.1 Å². The molecule has 11 heteroatoms. The number of thioether (sulfide) groups is 1. The third kappa shape index (κ3) is 3.31. The van der Waals surface area contributed by atoms with Crippen molar-refractivity contribution >= 4 is 11.8 Å². The minimum Gasteiger partial charge on any atom is -0.483 e. The molecule has 6 nitrogen and oxygen atoms in total. The molecule has 180 valence electrons. The molecule has 3 fully saturated rings. The number of nitrogens with zero attached hydrogens (tertiary/aromatic N) is 4. The number of halogens is 4. The fraction of sp³-hybridized carbons (Fsp3) is 0.435. The van der Waals surface area contributed by atoms with E-state index < -0.39 is 46.1 Å². The minimum atomic E-state index is -3.74. The first kappa shape index (κ1) is 23.1. The van der Waals surface area contributed by atoms with Crippen molar-refractivity contribution in [1.29, 1.82) is 0 Å². The van der Waals surface area contributed by atoms with E-state index in [1.807, 2.05) is 30.5 Å². The molecule has 3 saturated carbocycles. The summed E-state index contributed by atoms with van der Waals surface area (Å²) in [7, 11) is 0. The lowest BCUT2D eigenvalue weighted by atomic mass is 9.30. The predicted molar refractivity (Wildman–Crippen MR) is 116 cm³/mol. The highest BCUT2D eigenvalue weighted by molar-refractivity contribution is 7.98. The van der Waals surface area contributed by atoms with Crippen LogP contribution in [0.1, 0.15) is 30.4 Å². The smallest absolute Gasteiger partial charge is 0.287 e. The summed E-state index contributed by atoms with van der Waals surface area (Å²) in [6, 6.07) is 9.59. The van der Waals surface area contributed by atoms with Gasteiger partial charge < -0.3 is 9.84 Å². The molecule has 0 radical (unpaired) electrons. The zero-order valence-electron chi connectivity index (χ0n) is 18.2. The fourth-order valence-electron chi connectivity index (χ4n) is 5.56. The third-order valence-corrected chi connectivity index (χ3v) is 7.54. The Morgan fingerprint density at radius 1 is 1.12 bits per heavy atom. The molecule has 1 unspecified atom stereocenters. The van der Waals surface area contributed by atoms with Crippen molar-refractivity contribution < 1.29 is 27.4 Å². The van der Waals surface area contributed by atoms with E-state index in [0.717, 1.165) is 28.7 Å². The van der Waals surface area contributed by atoms with E-state index in [1.165, 1.54) is 0 Å². The molecule has 1 N–H and O–H groups in total. The second-order valence-corrected chi connectivity index (χ2v) is 10.0. The van der Waals surface area contributed by atoms with Crippen LogP contribution in [0.3, 0.4) is 0 Å². The van der Waals surface area contributed by atoms with Crippen LogP contribution < -0.4 is 4.74 Å². The summed E-state index contributed by atoms with van der Waals surface area (Å²) in [5.74, 6) is -4.71. The van der Waals surface area contributed by atoms with Gasteiger partial charge in [-0.2, -0.15) is 0 Å². The van der Waals surface area contributed by atoms with Gasteiger partial charge in [-0.1, -0.05) is 12.1 Å². The zero-order chi connectivity index (χ0) is 24.2. The average molecular weight is 495 g/mol. The number of hydrogen-bond donors (Lipinski definition) is 1. The standard InChI is InChI=1S/C23H22F4N4O2S/c1-34-14-33-17-5-2-15(3-6-17)20-9-21(10-20,11-20)23(26,27)22(32,12-31-13-28-29-30-31)18-7-4-16(24)8-19(18)25/h2-8,13,32H,9-12,14H2,1H3. The lowest BCUT2D eigenvalue weighted by Crippen LogP contribution is -2.76. The SMILES string of the molecule is CSCOc1ccc(C23CC(C(F)(F)C(O)(Cn4cnnn4)c4ccc(F)cc4F)(C2)C3)cc1. The summed E-state index contributed by atoms with van der Waals surface area (Å²) in [5.41, 5.74) is -4.69. The molecule has 1 heterocycles. The van der Waals surface area contributed by atoms with Crippen LogP contribution in [0.2, 0.25) is 0 Å². The van der Waals surface area contributed by atoms with Crippen molar-refractivity contribution in [1.82, 2.24) is 20.2 Å². The van der Waals surface area contributed by atoms with Crippen LogP contribution in [0.25, 0.3) is 0 Å². The van der Waals surface area contributed by atoms with E-state index in [0.29, 0.717) is 17.8 Å². The number of hydrogen-bond acceptors (Lipinski definition) is 6. The van der Waals surface area contributed by atoms with Gasteiger partial charge in [0.15, 0.2) is 5.60 Å². The van der Waals surface area contributed by atoms with E-state index in [9.17, 15) is 13.9 Å². The number of aliphatic hydroxyl groups is 1. The average Bonchev–Trinajstić information content (AvgIpc) is 3.23. The van der Waals surface area contributed by atoms with Crippen LogP contribution in [0.15, 0.2) is 48.8 Å². The maximum Gasteiger partial charge on any atom is 0.287 e. The van der Waals surface area contributed by atoms with Crippen molar-refractivity contribution in [3.05, 3.63) is 71.6 Å². The summed E-state index contributed by atoms with van der Waals surface area (Å²) >= 11 is 1.54. The largest absolute Gasteiger partial charge is 0.483 e. The van der Waals surface area contributed by atoms with Crippen molar-refractivity contribution in [3.8, 4) is 5.75 Å². The normalized spacial score (nSPS) is 25.2. The molecule has 3 aliphatic carbocycles. The Morgan fingerprint density at radius 2 is 1.82 bits per heavy atom. The van der Waals surface area contributed by atoms with Crippen LogP contribution in [0.4, 0.5) is 17.6 Å². The van der Waals surface area contributed by atoms with Gasteiger partial charge >= 0.3 is 0 Å². The van der Waals surface area contributed by atoms with Gasteiger partial charge in [-0.05, 0) is 71.2 Å². The summed E-state index contributed by atoms with van der Waals surface area (Å²) < 4.78 is 67.0. The highest BCUT2D eigenvalue weighted by Crippen LogP contribution is 2.80. The lowest BCUT2D eigenvalue weighted by molar-refractivity contribution is -0.347. The number of rotatable bonds is 9. The fourth-order valence-corrected chi connectivity index (χ4v) is 5.82. The van der Waals surface area contributed by atoms with E-state index in [1.54, 1.807) is 11.8 Å². The number of tetrazole rings is 1. The molecule has 0 saturated heterocycles. The molecule has 2 aromatic carbocycles. The van der Waals surface area contributed by atoms with Crippen molar-refractivity contribution in [3.63, 3.8) is 0 Å². The molecule has 6 rings (SSSR count). The number of ether oxygens (including phenoxy) is 1. The van der Waals surface area contributed by atoms with Gasteiger partial charge in [0.05, 0.1) is 6.54 Å². The van der Waals surface area contributed by atoms with Gasteiger partial charge in [0.25, 0.3) is 5.92 Å². The Labute approximate surface area is 197 Å². The summed E-state index contributed by atoms with van der Waals surface area (Å²) in [6.45, 7) is -0.786. The molecular formula is C23H22F4N4O2S. The van der Waals surface area contributed by atoms with Crippen LogP contribution >= 0.6 is 11.8 Å². The minimum absolute atomic E-state index is 0.138. The Hall–Kier alpha value is -2.66. The molecule has 0 spiro atoms. The van der Waals surface area contributed by atoms with E-state index >= 15 is 8.78 Å². The van der Waals surface area contributed by atoms with Gasteiger partial charge in [0.2, 0.25) is 0 Å². The molecule has 2 bridgehead atoms. The second kappa shape index (κ2) is 7.94. The first-order chi connectivity index (χ1) is 16.1. The highest BCUT2D eigenvalue weighted by atomic mass is 32.2. The Kier molecular flexibility index (Phi) is 5.40. The lowest BCUT2D eigenvalue weighted by Gasteiger charge is -2.74. The number of alkyl halides is 2. The van der Waals surface area contributed by atoms with Crippen LogP contribution in [0.5, 0.6) is 5.75 Å². The van der Waals surface area contributed by atoms with Gasteiger partial charge in [-0.25, -0.2) is 22.2 Å². The summed E-state index contributed by atoms with van der Waals surface area (Å²) in [6.07, 6.45) is 3.40. The van der Waals surface area contributed by atoms with E-state index in [4.69, 9.17) is 4.74 Å². The monoisotopic (exact) mass is 494 g/mol. The van der Waals surface area contributed by atoms with Crippen LogP contribution in [0, 0.1) is 17.0 Å². The molecular weight excluding hydrogens is 472 g/mol. The molecule has 3 aliphatic rings. The van der Waals surface area contributed by atoms with Crippen molar-refractivity contribution in [2.24, 2.45) is 5.41 Å². The number of aromatic nitrogens is 4. The molecule has 1 atom stereocenters. The van der Waals surface area contributed by atoms with Crippen molar-refractivity contribution in [2.75, 3.05) is 12.2 Å². The quantitative estimate of drug-likeness (QED) is 0.353. The second-order valence-electron chi connectivity index (χ2n) is 9.23. The highest BCUT2D eigenvalue weighted by Gasteiger charge is 2.82. The van der Waals surface area contributed by atoms with E-state index in [-0.39, 0.29) is 19.3 Å². The van der Waals surface area contributed by atoms with Gasteiger partial charge in [0.1, 0.15) is 29.7 Å². The Morgan fingerprint density at radius 3 is 2.41 bits per heavy atom. The predicted octanol–water partition coefficient (Wildman–Crippen LogP) is 4.30. The third-order valence-electron chi connectivity index (χ3n) is 7.18. The van der Waals surface area contributed by atoms with Crippen molar-refractivity contribution in [2.45, 2.75) is 42.7 Å². The maximum atomic E-state index is 16.2. The molecule has 0 aliphatic heterocycles. The molecule has 0 amide bonds. The first-order valence-corrected chi connectivity index (χ1v) is 12.0. The van der Waals surface area contributed by atoms with E-state index in [2.05, 4.69) is 15.5 Å². The summed E-state index contributed by atoms with van der Waals surface area (Å²) in [4.78, 5) is 0. The summed E-state index contributed by atoms with van der Waals surface area (Å²) in [5, 5.41) is 21.8. The van der Waals surface area contributed by atoms with Gasteiger partial charge in [-0.15, -0.1) is 16.9 Å².